The maximum Gasteiger partial charge on any atom is 0.136 e. The van der Waals surface area contributed by atoms with E-state index in [0.29, 0.717) is 0 Å². The zero-order valence-corrected chi connectivity index (χ0v) is 7.00. The molecule has 3 heteroatoms. The molecule has 0 saturated heterocycles. The van der Waals surface area contributed by atoms with E-state index in [2.05, 4.69) is 5.16 Å². The summed E-state index contributed by atoms with van der Waals surface area (Å²) in [6, 6.07) is 0.254. The fourth-order valence-corrected chi connectivity index (χ4v) is 0.942. The molecule has 0 aliphatic heterocycles. The van der Waals surface area contributed by atoms with Crippen LogP contribution in [0.3, 0.4) is 0 Å². The van der Waals surface area contributed by atoms with Crippen LogP contribution in [0.25, 0.3) is 0 Å². The molecule has 0 aliphatic rings. The minimum Gasteiger partial charge on any atom is -0.361 e. The summed E-state index contributed by atoms with van der Waals surface area (Å²) in [5.41, 5.74) is 6.78. The lowest BCUT2D eigenvalue weighted by Gasteiger charge is -2.01. The van der Waals surface area contributed by atoms with E-state index in [1.165, 1.54) is 5.56 Å². The zero-order valence-electron chi connectivity index (χ0n) is 7.00. The Balaban J connectivity index is 2.44. The van der Waals surface area contributed by atoms with Crippen LogP contribution in [0.2, 0.25) is 0 Å². The second-order valence-corrected chi connectivity index (χ2v) is 2.92. The molecule has 0 aromatic carbocycles. The molecule has 3 nitrogen and oxygen atoms in total. The third-order valence-electron chi connectivity index (χ3n) is 1.72. The SMILES string of the molecule is Cc1oncc1CC[C@@H](C)N. The van der Waals surface area contributed by atoms with Crippen LogP contribution >= 0.6 is 0 Å². The number of rotatable bonds is 3. The lowest BCUT2D eigenvalue weighted by molar-refractivity contribution is 0.396. The van der Waals surface area contributed by atoms with Gasteiger partial charge >= 0.3 is 0 Å². The van der Waals surface area contributed by atoms with Crippen molar-refractivity contribution in [3.05, 3.63) is 17.5 Å². The highest BCUT2D eigenvalue weighted by Gasteiger charge is 2.03. The molecule has 0 unspecified atom stereocenters. The molecule has 0 fully saturated rings. The van der Waals surface area contributed by atoms with E-state index in [-0.39, 0.29) is 6.04 Å². The number of aromatic nitrogens is 1. The summed E-state index contributed by atoms with van der Waals surface area (Å²) in [7, 11) is 0. The Bertz CT molecular complexity index is 218. The van der Waals surface area contributed by atoms with Crippen LogP contribution in [0.5, 0.6) is 0 Å². The number of hydrogen-bond donors (Lipinski definition) is 1. The van der Waals surface area contributed by atoms with Gasteiger partial charge in [0.1, 0.15) is 5.76 Å². The average molecular weight is 154 g/mol. The van der Waals surface area contributed by atoms with Gasteiger partial charge in [0.2, 0.25) is 0 Å². The Morgan fingerprint density at radius 2 is 2.45 bits per heavy atom. The van der Waals surface area contributed by atoms with E-state index < -0.39 is 0 Å². The molecular formula is C8H14N2O. The fraction of sp³-hybridized carbons (Fsp3) is 0.625. The highest BCUT2D eigenvalue weighted by atomic mass is 16.5. The first-order valence-corrected chi connectivity index (χ1v) is 3.86. The van der Waals surface area contributed by atoms with Crippen molar-refractivity contribution in [3.63, 3.8) is 0 Å². The predicted molar refractivity (Wildman–Crippen MR) is 43.2 cm³/mol. The van der Waals surface area contributed by atoms with Crippen molar-refractivity contribution in [2.75, 3.05) is 0 Å². The van der Waals surface area contributed by atoms with E-state index in [9.17, 15) is 0 Å². The second-order valence-electron chi connectivity index (χ2n) is 2.92. The van der Waals surface area contributed by atoms with E-state index in [4.69, 9.17) is 10.3 Å². The van der Waals surface area contributed by atoms with E-state index >= 15 is 0 Å². The van der Waals surface area contributed by atoms with Crippen molar-refractivity contribution in [2.45, 2.75) is 32.7 Å². The van der Waals surface area contributed by atoms with Gasteiger partial charge in [-0.25, -0.2) is 0 Å². The van der Waals surface area contributed by atoms with Gasteiger partial charge in [-0.1, -0.05) is 5.16 Å². The molecule has 0 spiro atoms. The summed E-state index contributed by atoms with van der Waals surface area (Å²) < 4.78 is 4.91. The van der Waals surface area contributed by atoms with Gasteiger partial charge in [0, 0.05) is 11.6 Å². The Hall–Kier alpha value is -0.830. The Morgan fingerprint density at radius 1 is 1.73 bits per heavy atom. The first-order valence-electron chi connectivity index (χ1n) is 3.86. The molecule has 1 aromatic heterocycles. The molecule has 0 amide bonds. The first kappa shape index (κ1) is 8.27. The first-order chi connectivity index (χ1) is 5.20. The molecule has 11 heavy (non-hydrogen) atoms. The minimum atomic E-state index is 0.254. The zero-order chi connectivity index (χ0) is 8.27. The van der Waals surface area contributed by atoms with Crippen molar-refractivity contribution in [3.8, 4) is 0 Å². The van der Waals surface area contributed by atoms with Gasteiger partial charge in [-0.2, -0.15) is 0 Å². The maximum absolute atomic E-state index is 5.61. The second kappa shape index (κ2) is 3.53. The van der Waals surface area contributed by atoms with Crippen LogP contribution in [0.4, 0.5) is 0 Å². The quantitative estimate of drug-likeness (QED) is 0.713. The van der Waals surface area contributed by atoms with Gasteiger partial charge in [0.05, 0.1) is 6.20 Å². The number of hydrogen-bond acceptors (Lipinski definition) is 3. The van der Waals surface area contributed by atoms with Gasteiger partial charge in [-0.3, -0.25) is 0 Å². The molecule has 1 heterocycles. The summed E-state index contributed by atoms with van der Waals surface area (Å²) in [5.74, 6) is 0.908. The molecule has 1 rings (SSSR count). The molecule has 62 valence electrons. The molecule has 0 bridgehead atoms. The minimum absolute atomic E-state index is 0.254. The fourth-order valence-electron chi connectivity index (χ4n) is 0.942. The van der Waals surface area contributed by atoms with Gasteiger partial charge in [0.15, 0.2) is 0 Å². The molecular weight excluding hydrogens is 140 g/mol. The normalized spacial score (nSPS) is 13.4. The summed E-state index contributed by atoms with van der Waals surface area (Å²) >= 11 is 0. The van der Waals surface area contributed by atoms with Gasteiger partial charge in [0.25, 0.3) is 0 Å². The maximum atomic E-state index is 5.61. The predicted octanol–water partition coefficient (Wildman–Crippen LogP) is 1.26. The number of aryl methyl sites for hydroxylation is 2. The van der Waals surface area contributed by atoms with Crippen molar-refractivity contribution >= 4 is 0 Å². The van der Waals surface area contributed by atoms with E-state index in [1.807, 2.05) is 13.8 Å². The average Bonchev–Trinajstić information content (AvgIpc) is 2.31. The monoisotopic (exact) mass is 154 g/mol. The van der Waals surface area contributed by atoms with Gasteiger partial charge in [-0.05, 0) is 26.7 Å². The highest BCUT2D eigenvalue weighted by molar-refractivity contribution is 5.11. The smallest absolute Gasteiger partial charge is 0.136 e. The molecule has 1 atom stereocenters. The van der Waals surface area contributed by atoms with Crippen LogP contribution in [-0.2, 0) is 6.42 Å². The van der Waals surface area contributed by atoms with Crippen LogP contribution in [0, 0.1) is 6.92 Å². The highest BCUT2D eigenvalue weighted by Crippen LogP contribution is 2.08. The van der Waals surface area contributed by atoms with Gasteiger partial charge < -0.3 is 10.3 Å². The van der Waals surface area contributed by atoms with Crippen molar-refractivity contribution < 1.29 is 4.52 Å². The lowest BCUT2D eigenvalue weighted by Crippen LogP contribution is -2.15. The molecule has 0 radical (unpaired) electrons. The van der Waals surface area contributed by atoms with Crippen LogP contribution in [-0.4, -0.2) is 11.2 Å². The standard InChI is InChI=1S/C8H14N2O/c1-6(9)3-4-8-5-10-11-7(8)2/h5-6H,3-4,9H2,1-2H3/t6-/m1/s1. The largest absolute Gasteiger partial charge is 0.361 e. The molecule has 1 aromatic rings. The van der Waals surface area contributed by atoms with E-state index in [0.717, 1.165) is 18.6 Å². The van der Waals surface area contributed by atoms with Crippen LogP contribution in [0.1, 0.15) is 24.7 Å². The molecule has 0 aliphatic carbocycles. The number of nitrogens with zero attached hydrogens (tertiary/aromatic N) is 1. The van der Waals surface area contributed by atoms with Crippen molar-refractivity contribution in [2.24, 2.45) is 5.73 Å². The topological polar surface area (TPSA) is 52.0 Å². The summed E-state index contributed by atoms with van der Waals surface area (Å²) in [6.07, 6.45) is 3.72. The number of nitrogens with two attached hydrogens (primary N) is 1. The van der Waals surface area contributed by atoms with Crippen molar-refractivity contribution in [1.29, 1.82) is 0 Å². The summed E-state index contributed by atoms with van der Waals surface area (Å²) in [5, 5.41) is 3.68. The summed E-state index contributed by atoms with van der Waals surface area (Å²) in [4.78, 5) is 0. The Morgan fingerprint density at radius 3 is 2.91 bits per heavy atom. The molecule has 2 N–H and O–H groups in total. The van der Waals surface area contributed by atoms with Crippen molar-refractivity contribution in [1.82, 2.24) is 5.16 Å². The van der Waals surface area contributed by atoms with Crippen LogP contribution < -0.4 is 5.73 Å². The molecule has 0 saturated carbocycles. The third kappa shape index (κ3) is 2.35. The van der Waals surface area contributed by atoms with E-state index in [1.54, 1.807) is 6.20 Å². The van der Waals surface area contributed by atoms with Gasteiger partial charge in [-0.15, -0.1) is 0 Å². The lowest BCUT2D eigenvalue weighted by atomic mass is 10.1. The van der Waals surface area contributed by atoms with Crippen LogP contribution in [0.15, 0.2) is 10.7 Å². The Labute approximate surface area is 66.6 Å². The Kier molecular flexibility index (Phi) is 2.65. The third-order valence-corrected chi connectivity index (χ3v) is 1.72. The summed E-state index contributed by atoms with van der Waals surface area (Å²) in [6.45, 7) is 3.92.